The van der Waals surface area contributed by atoms with Crippen LogP contribution in [0.3, 0.4) is 0 Å². The average Bonchev–Trinajstić information content (AvgIpc) is 3.25. The first-order valence-electron chi connectivity index (χ1n) is 10.6. The Morgan fingerprint density at radius 2 is 2.16 bits per heavy atom. The zero-order chi connectivity index (χ0) is 21.9. The van der Waals surface area contributed by atoms with E-state index in [-0.39, 0.29) is 23.1 Å². The standard InChI is InChI=1S/C22H26BrN7O/c1-5-13(16-11-25-18-17(26-16)19(31)28-21(24-2)30(18)4)22-8-9-29(3)20(22)27-15-10-12(23)6-7-14(15)22/h6-7,10-11,13,20,27H,5,8-9H2,1-4H3,(H,24,28,31)/t13-,20+,22-/m1/s1. The molecule has 0 unspecified atom stereocenters. The van der Waals surface area contributed by atoms with Crippen molar-refractivity contribution in [1.29, 1.82) is 0 Å². The van der Waals surface area contributed by atoms with Crippen molar-refractivity contribution in [3.05, 3.63) is 50.5 Å². The third-order valence-electron chi connectivity index (χ3n) is 7.01. The SMILES string of the molecule is CC[C@H](c1cnc2c(n1)c(=O)nc(NC)n2C)[C@@]12CCN(C)[C@@H]1Nc1cc(Br)ccc12. The van der Waals surface area contributed by atoms with Gasteiger partial charge in [-0.3, -0.25) is 14.3 Å². The number of halogens is 1. The normalized spacial score (nSPS) is 23.5. The van der Waals surface area contributed by atoms with Gasteiger partial charge in [-0.1, -0.05) is 28.9 Å². The molecular weight excluding hydrogens is 458 g/mol. The Morgan fingerprint density at radius 3 is 2.90 bits per heavy atom. The molecule has 1 aromatic carbocycles. The Hall–Kier alpha value is -2.52. The first kappa shape index (κ1) is 20.4. The van der Waals surface area contributed by atoms with Gasteiger partial charge in [0, 0.05) is 42.1 Å². The summed E-state index contributed by atoms with van der Waals surface area (Å²) < 4.78 is 2.83. The molecule has 8 nitrogen and oxygen atoms in total. The van der Waals surface area contributed by atoms with Crippen molar-refractivity contribution in [3.63, 3.8) is 0 Å². The Morgan fingerprint density at radius 1 is 1.35 bits per heavy atom. The lowest BCUT2D eigenvalue weighted by Crippen LogP contribution is -2.45. The lowest BCUT2D eigenvalue weighted by atomic mass is 9.67. The van der Waals surface area contributed by atoms with Crippen molar-refractivity contribution < 1.29 is 0 Å². The molecule has 2 aliphatic heterocycles. The zero-order valence-corrected chi connectivity index (χ0v) is 19.7. The van der Waals surface area contributed by atoms with Gasteiger partial charge in [0.15, 0.2) is 11.2 Å². The van der Waals surface area contributed by atoms with Crippen molar-refractivity contribution in [1.82, 2.24) is 24.4 Å². The number of anilines is 2. The zero-order valence-electron chi connectivity index (χ0n) is 18.1. The van der Waals surface area contributed by atoms with Gasteiger partial charge in [-0.05, 0) is 37.6 Å². The molecular formula is C22H26BrN7O. The summed E-state index contributed by atoms with van der Waals surface area (Å²) in [7, 11) is 5.74. The van der Waals surface area contributed by atoms with Crippen molar-refractivity contribution in [2.75, 3.05) is 31.3 Å². The number of hydrogen-bond donors (Lipinski definition) is 2. The fraction of sp³-hybridized carbons (Fsp3) is 0.455. The highest BCUT2D eigenvalue weighted by atomic mass is 79.9. The van der Waals surface area contributed by atoms with E-state index in [9.17, 15) is 4.79 Å². The van der Waals surface area contributed by atoms with Crippen molar-refractivity contribution >= 4 is 38.7 Å². The molecule has 1 fully saturated rings. The summed E-state index contributed by atoms with van der Waals surface area (Å²) in [6.07, 6.45) is 3.93. The molecule has 0 spiro atoms. The summed E-state index contributed by atoms with van der Waals surface area (Å²) in [4.78, 5) is 28.8. The highest BCUT2D eigenvalue weighted by Crippen LogP contribution is 2.56. The fourth-order valence-electron chi connectivity index (χ4n) is 5.62. The second kappa shape index (κ2) is 7.27. The molecule has 3 atom stereocenters. The van der Waals surface area contributed by atoms with Crippen LogP contribution in [-0.2, 0) is 12.5 Å². The number of benzene rings is 1. The molecule has 0 aliphatic carbocycles. The van der Waals surface area contributed by atoms with Crippen molar-refractivity contribution in [2.45, 2.75) is 37.3 Å². The summed E-state index contributed by atoms with van der Waals surface area (Å²) in [5, 5.41) is 6.68. The van der Waals surface area contributed by atoms with Gasteiger partial charge >= 0.3 is 5.56 Å². The number of aryl methyl sites for hydroxylation is 1. The number of nitrogens with zero attached hydrogens (tertiary/aromatic N) is 5. The van der Waals surface area contributed by atoms with E-state index in [1.807, 2.05) is 13.2 Å². The molecule has 162 valence electrons. The van der Waals surface area contributed by atoms with Crippen LogP contribution in [-0.4, -0.2) is 51.2 Å². The molecule has 0 radical (unpaired) electrons. The molecule has 31 heavy (non-hydrogen) atoms. The van der Waals surface area contributed by atoms with E-state index in [4.69, 9.17) is 4.98 Å². The topological polar surface area (TPSA) is 88.0 Å². The summed E-state index contributed by atoms with van der Waals surface area (Å²) in [6, 6.07) is 6.49. The maximum Gasteiger partial charge on any atom is 0.302 e. The number of nitrogens with one attached hydrogen (secondary N) is 2. The number of fused-ring (bicyclic) bond motifs is 4. The van der Waals surface area contributed by atoms with Gasteiger partial charge in [0.2, 0.25) is 5.95 Å². The molecule has 4 heterocycles. The molecule has 0 bridgehead atoms. The van der Waals surface area contributed by atoms with Crippen LogP contribution in [0, 0.1) is 0 Å². The van der Waals surface area contributed by atoms with Crippen LogP contribution in [0.15, 0.2) is 33.7 Å². The first-order valence-corrected chi connectivity index (χ1v) is 11.4. The van der Waals surface area contributed by atoms with Crippen LogP contribution in [0.5, 0.6) is 0 Å². The van der Waals surface area contributed by atoms with Gasteiger partial charge in [0.25, 0.3) is 0 Å². The predicted molar refractivity (Wildman–Crippen MR) is 126 cm³/mol. The van der Waals surface area contributed by atoms with E-state index < -0.39 is 0 Å². The number of aromatic nitrogens is 4. The van der Waals surface area contributed by atoms with Crippen LogP contribution in [0.2, 0.25) is 0 Å². The monoisotopic (exact) mass is 483 g/mol. The second-order valence-electron chi connectivity index (χ2n) is 8.49. The quantitative estimate of drug-likeness (QED) is 0.589. The molecule has 2 aliphatic rings. The predicted octanol–water partition coefficient (Wildman–Crippen LogP) is 3.05. The van der Waals surface area contributed by atoms with Gasteiger partial charge in [-0.25, -0.2) is 9.97 Å². The maximum absolute atomic E-state index is 12.7. The van der Waals surface area contributed by atoms with Gasteiger partial charge in [-0.15, -0.1) is 0 Å². The van der Waals surface area contributed by atoms with E-state index in [0.29, 0.717) is 17.1 Å². The highest BCUT2D eigenvalue weighted by molar-refractivity contribution is 9.10. The van der Waals surface area contributed by atoms with Crippen LogP contribution in [0.1, 0.15) is 36.9 Å². The minimum absolute atomic E-state index is 0.114. The summed E-state index contributed by atoms with van der Waals surface area (Å²) in [6.45, 7) is 3.19. The Bertz CT molecular complexity index is 1240. The molecule has 2 aromatic heterocycles. The third-order valence-corrected chi connectivity index (χ3v) is 7.50. The molecule has 1 saturated heterocycles. The number of hydrogen-bond acceptors (Lipinski definition) is 7. The van der Waals surface area contributed by atoms with Crippen LogP contribution < -0.4 is 16.2 Å². The number of likely N-dealkylation sites (N-methyl/N-ethyl adjacent to an activating group) is 1. The minimum atomic E-state index is -0.354. The van der Waals surface area contributed by atoms with Crippen molar-refractivity contribution in [3.8, 4) is 0 Å². The molecule has 3 aromatic rings. The van der Waals surface area contributed by atoms with Crippen LogP contribution in [0.4, 0.5) is 11.6 Å². The molecule has 0 saturated carbocycles. The molecule has 2 N–H and O–H groups in total. The fourth-order valence-corrected chi connectivity index (χ4v) is 5.98. The lowest BCUT2D eigenvalue weighted by Gasteiger charge is -2.38. The van der Waals surface area contributed by atoms with E-state index in [2.05, 4.69) is 73.6 Å². The van der Waals surface area contributed by atoms with Gasteiger partial charge < -0.3 is 10.6 Å². The Labute approximate surface area is 189 Å². The summed E-state index contributed by atoms with van der Waals surface area (Å²) in [5.41, 5.74) is 3.70. The van der Waals surface area contributed by atoms with Crippen LogP contribution >= 0.6 is 15.9 Å². The molecule has 0 amide bonds. The van der Waals surface area contributed by atoms with Crippen molar-refractivity contribution in [2.24, 2.45) is 7.05 Å². The highest BCUT2D eigenvalue weighted by Gasteiger charge is 2.57. The van der Waals surface area contributed by atoms with E-state index >= 15 is 0 Å². The first-order chi connectivity index (χ1) is 14.9. The Kier molecular flexibility index (Phi) is 4.78. The van der Waals surface area contributed by atoms with Gasteiger partial charge in [0.05, 0.1) is 18.1 Å². The third kappa shape index (κ3) is 2.82. The largest absolute Gasteiger partial charge is 0.369 e. The smallest absolute Gasteiger partial charge is 0.302 e. The molecule has 9 heteroatoms. The van der Waals surface area contributed by atoms with Gasteiger partial charge in [0.1, 0.15) is 0 Å². The van der Waals surface area contributed by atoms with E-state index in [1.165, 1.54) is 5.56 Å². The maximum atomic E-state index is 12.7. The molecule has 5 rings (SSSR count). The van der Waals surface area contributed by atoms with E-state index in [0.717, 1.165) is 35.2 Å². The number of rotatable bonds is 4. The van der Waals surface area contributed by atoms with Crippen LogP contribution in [0.25, 0.3) is 11.2 Å². The second-order valence-corrected chi connectivity index (χ2v) is 9.40. The lowest BCUT2D eigenvalue weighted by molar-refractivity contribution is 0.247. The summed E-state index contributed by atoms with van der Waals surface area (Å²) in [5.74, 6) is 0.588. The Balaban J connectivity index is 1.70. The van der Waals surface area contributed by atoms with Gasteiger partial charge in [-0.2, -0.15) is 4.98 Å². The number of likely N-dealkylation sites (tertiary alicyclic amines) is 1. The van der Waals surface area contributed by atoms with E-state index in [1.54, 1.807) is 11.6 Å². The average molecular weight is 484 g/mol. The minimum Gasteiger partial charge on any atom is -0.369 e. The summed E-state index contributed by atoms with van der Waals surface area (Å²) >= 11 is 3.60.